The first-order valence-electron chi connectivity index (χ1n) is 6.47. The van der Waals surface area contributed by atoms with Gasteiger partial charge >= 0.3 is 0 Å². The molecule has 2 rings (SSSR count). The zero-order valence-electron chi connectivity index (χ0n) is 11.1. The first-order chi connectivity index (χ1) is 8.63. The molecule has 102 valence electrons. The molecule has 2 N–H and O–H groups in total. The second-order valence-corrected chi connectivity index (χ2v) is 6.03. The Morgan fingerprint density at radius 1 is 1.61 bits per heavy atom. The maximum atomic E-state index is 5.97. The first kappa shape index (κ1) is 14.1. The largest absolute Gasteiger partial charge is 0.466 e. The molecule has 0 amide bonds. The van der Waals surface area contributed by atoms with E-state index in [9.17, 15) is 0 Å². The van der Waals surface area contributed by atoms with E-state index in [2.05, 4.69) is 39.8 Å². The molecule has 0 radical (unpaired) electrons. The molecule has 0 aliphatic carbocycles. The summed E-state index contributed by atoms with van der Waals surface area (Å²) in [6.45, 7) is 2.78. The van der Waals surface area contributed by atoms with Crippen molar-refractivity contribution in [3.05, 3.63) is 22.6 Å². The highest BCUT2D eigenvalue weighted by Crippen LogP contribution is 2.33. The lowest BCUT2D eigenvalue weighted by molar-refractivity contribution is 0.140. The lowest BCUT2D eigenvalue weighted by atomic mass is 10.1. The number of rotatable bonds is 5. The van der Waals surface area contributed by atoms with Gasteiger partial charge in [-0.3, -0.25) is 4.90 Å². The van der Waals surface area contributed by atoms with E-state index < -0.39 is 0 Å². The summed E-state index contributed by atoms with van der Waals surface area (Å²) in [5.41, 5.74) is 5.97. The predicted octanol–water partition coefficient (Wildman–Crippen LogP) is 2.07. The number of furan rings is 1. The standard InChI is InChI=1S/C13H22BrN3O/c1-16(2)9-10-4-3-6-17(10)12(8-15)13-11(14)5-7-18-13/h5,7,10,12H,3-4,6,8-9,15H2,1-2H3. The molecule has 4 nitrogen and oxygen atoms in total. The van der Waals surface area contributed by atoms with Crippen LogP contribution in [0.1, 0.15) is 24.6 Å². The van der Waals surface area contributed by atoms with Gasteiger partial charge in [0.15, 0.2) is 0 Å². The molecule has 0 bridgehead atoms. The summed E-state index contributed by atoms with van der Waals surface area (Å²) in [6.07, 6.45) is 4.21. The van der Waals surface area contributed by atoms with Gasteiger partial charge in [-0.1, -0.05) is 0 Å². The first-order valence-corrected chi connectivity index (χ1v) is 7.26. The second-order valence-electron chi connectivity index (χ2n) is 5.18. The van der Waals surface area contributed by atoms with Crippen LogP contribution in [0, 0.1) is 0 Å². The fraction of sp³-hybridized carbons (Fsp3) is 0.692. The molecule has 2 unspecified atom stereocenters. The molecular weight excluding hydrogens is 294 g/mol. The molecule has 18 heavy (non-hydrogen) atoms. The van der Waals surface area contributed by atoms with Gasteiger partial charge < -0.3 is 15.1 Å². The molecule has 0 spiro atoms. The van der Waals surface area contributed by atoms with Crippen LogP contribution in [0.5, 0.6) is 0 Å². The quantitative estimate of drug-likeness (QED) is 0.903. The van der Waals surface area contributed by atoms with Gasteiger partial charge in [-0.05, 0) is 55.5 Å². The van der Waals surface area contributed by atoms with E-state index in [-0.39, 0.29) is 6.04 Å². The lowest BCUT2D eigenvalue weighted by Crippen LogP contribution is -2.42. The van der Waals surface area contributed by atoms with Crippen molar-refractivity contribution in [1.82, 2.24) is 9.80 Å². The Balaban J connectivity index is 2.14. The smallest absolute Gasteiger partial charge is 0.136 e. The topological polar surface area (TPSA) is 45.6 Å². The van der Waals surface area contributed by atoms with E-state index in [0.29, 0.717) is 12.6 Å². The van der Waals surface area contributed by atoms with Gasteiger partial charge in [0.2, 0.25) is 0 Å². The Morgan fingerprint density at radius 2 is 2.39 bits per heavy atom. The third-order valence-corrected chi connectivity index (χ3v) is 4.22. The van der Waals surface area contributed by atoms with Crippen molar-refractivity contribution in [3.63, 3.8) is 0 Å². The number of likely N-dealkylation sites (N-methyl/N-ethyl adjacent to an activating group) is 1. The normalized spacial score (nSPS) is 22.8. The Kier molecular flexibility index (Phi) is 4.84. The highest BCUT2D eigenvalue weighted by atomic mass is 79.9. The molecule has 2 heterocycles. The molecule has 1 fully saturated rings. The van der Waals surface area contributed by atoms with Gasteiger partial charge in [0.1, 0.15) is 5.76 Å². The summed E-state index contributed by atoms with van der Waals surface area (Å²) in [5, 5.41) is 0. The molecule has 1 aliphatic rings. The Bertz CT molecular complexity index is 380. The van der Waals surface area contributed by atoms with Crippen molar-refractivity contribution in [2.75, 3.05) is 33.7 Å². The van der Waals surface area contributed by atoms with Gasteiger partial charge in [0.05, 0.1) is 16.8 Å². The van der Waals surface area contributed by atoms with E-state index in [0.717, 1.165) is 23.3 Å². The molecule has 2 atom stereocenters. The Labute approximate surface area is 117 Å². The number of nitrogens with zero attached hydrogens (tertiary/aromatic N) is 2. The summed E-state index contributed by atoms with van der Waals surface area (Å²) in [5.74, 6) is 0.961. The van der Waals surface area contributed by atoms with E-state index in [1.54, 1.807) is 6.26 Å². The van der Waals surface area contributed by atoms with Crippen molar-refractivity contribution in [2.24, 2.45) is 5.73 Å². The van der Waals surface area contributed by atoms with Crippen LogP contribution in [0.25, 0.3) is 0 Å². The van der Waals surface area contributed by atoms with Gasteiger partial charge in [0.25, 0.3) is 0 Å². The molecule has 0 saturated carbocycles. The van der Waals surface area contributed by atoms with Crippen LogP contribution in [0.2, 0.25) is 0 Å². The van der Waals surface area contributed by atoms with E-state index in [4.69, 9.17) is 10.2 Å². The van der Waals surface area contributed by atoms with Crippen LogP contribution >= 0.6 is 15.9 Å². The minimum absolute atomic E-state index is 0.182. The number of nitrogens with two attached hydrogens (primary N) is 1. The molecule has 1 aliphatic heterocycles. The van der Waals surface area contributed by atoms with Crippen LogP contribution in [0.4, 0.5) is 0 Å². The third-order valence-electron chi connectivity index (χ3n) is 3.57. The molecule has 0 aromatic carbocycles. The van der Waals surface area contributed by atoms with Gasteiger partial charge in [0, 0.05) is 19.1 Å². The van der Waals surface area contributed by atoms with Crippen LogP contribution in [-0.2, 0) is 0 Å². The van der Waals surface area contributed by atoms with Crippen molar-refractivity contribution >= 4 is 15.9 Å². The average Bonchev–Trinajstić information content (AvgIpc) is 2.91. The fourth-order valence-electron chi connectivity index (χ4n) is 2.82. The van der Waals surface area contributed by atoms with Crippen molar-refractivity contribution in [3.8, 4) is 0 Å². The molecule has 1 aromatic heterocycles. The summed E-state index contributed by atoms with van der Waals surface area (Å²) >= 11 is 3.54. The third kappa shape index (κ3) is 2.96. The zero-order valence-corrected chi connectivity index (χ0v) is 12.7. The lowest BCUT2D eigenvalue weighted by Gasteiger charge is -2.32. The summed E-state index contributed by atoms with van der Waals surface area (Å²) in [6, 6.07) is 2.70. The number of hydrogen-bond donors (Lipinski definition) is 1. The van der Waals surface area contributed by atoms with E-state index in [1.807, 2.05) is 6.07 Å². The predicted molar refractivity (Wildman–Crippen MR) is 76.5 cm³/mol. The van der Waals surface area contributed by atoms with Gasteiger partial charge in [-0.2, -0.15) is 0 Å². The molecule has 1 saturated heterocycles. The number of likely N-dealkylation sites (tertiary alicyclic amines) is 1. The Morgan fingerprint density at radius 3 is 2.94 bits per heavy atom. The number of hydrogen-bond acceptors (Lipinski definition) is 4. The summed E-state index contributed by atoms with van der Waals surface area (Å²) in [4.78, 5) is 4.73. The Hall–Kier alpha value is -0.360. The monoisotopic (exact) mass is 315 g/mol. The number of halogens is 1. The molecule has 5 heteroatoms. The van der Waals surface area contributed by atoms with E-state index >= 15 is 0 Å². The van der Waals surface area contributed by atoms with Gasteiger partial charge in [-0.25, -0.2) is 0 Å². The van der Waals surface area contributed by atoms with Crippen LogP contribution in [0.15, 0.2) is 21.2 Å². The average molecular weight is 316 g/mol. The van der Waals surface area contributed by atoms with Crippen molar-refractivity contribution in [2.45, 2.75) is 24.9 Å². The zero-order chi connectivity index (χ0) is 13.1. The highest BCUT2D eigenvalue weighted by molar-refractivity contribution is 9.10. The van der Waals surface area contributed by atoms with Crippen molar-refractivity contribution in [1.29, 1.82) is 0 Å². The molecule has 1 aromatic rings. The highest BCUT2D eigenvalue weighted by Gasteiger charge is 2.33. The maximum Gasteiger partial charge on any atom is 0.136 e. The summed E-state index contributed by atoms with van der Waals surface area (Å²) < 4.78 is 6.62. The van der Waals surface area contributed by atoms with E-state index in [1.165, 1.54) is 12.8 Å². The molecular formula is C13H22BrN3O. The minimum atomic E-state index is 0.182. The minimum Gasteiger partial charge on any atom is -0.466 e. The van der Waals surface area contributed by atoms with Crippen LogP contribution < -0.4 is 5.73 Å². The summed E-state index contributed by atoms with van der Waals surface area (Å²) in [7, 11) is 4.24. The fourth-order valence-corrected chi connectivity index (χ4v) is 3.29. The van der Waals surface area contributed by atoms with Crippen LogP contribution in [-0.4, -0.2) is 49.6 Å². The van der Waals surface area contributed by atoms with Gasteiger partial charge in [-0.15, -0.1) is 0 Å². The van der Waals surface area contributed by atoms with Crippen LogP contribution in [0.3, 0.4) is 0 Å². The second kappa shape index (κ2) is 6.19. The SMILES string of the molecule is CN(C)CC1CCCN1C(CN)c1occc1Br. The van der Waals surface area contributed by atoms with Crippen molar-refractivity contribution < 1.29 is 4.42 Å². The maximum absolute atomic E-state index is 5.97.